The molecule has 82 valence electrons. The zero-order chi connectivity index (χ0) is 10.1. The Labute approximate surface area is 88.8 Å². The topological polar surface area (TPSA) is 52.0 Å². The van der Waals surface area contributed by atoms with Crippen molar-refractivity contribution in [3.8, 4) is 0 Å². The van der Waals surface area contributed by atoms with E-state index in [2.05, 4.69) is 15.6 Å². The maximum Gasteiger partial charge on any atom is 0.113 e. The van der Waals surface area contributed by atoms with Crippen molar-refractivity contribution in [1.82, 2.24) is 20.3 Å². The minimum absolute atomic E-state index is 0.619. The Morgan fingerprint density at radius 2 is 2.40 bits per heavy atom. The normalized spacial score (nSPS) is 20.3. The van der Waals surface area contributed by atoms with Gasteiger partial charge in [-0.3, -0.25) is 0 Å². The van der Waals surface area contributed by atoms with Crippen molar-refractivity contribution in [2.45, 2.75) is 32.5 Å². The lowest BCUT2D eigenvalue weighted by Crippen LogP contribution is -2.29. The lowest BCUT2D eigenvalue weighted by atomic mass is 10.3. The molecule has 1 fully saturated rings. The Bertz CT molecular complexity index is 345. The SMILES string of the molecule is C1Cn2nnc(COCC3CC3)c2CN1. The summed E-state index contributed by atoms with van der Waals surface area (Å²) in [5.74, 6) is 0.814. The van der Waals surface area contributed by atoms with Crippen LogP contribution in [0.25, 0.3) is 0 Å². The predicted octanol–water partition coefficient (Wildman–Crippen LogP) is 0.308. The van der Waals surface area contributed by atoms with Crippen LogP contribution in [0.4, 0.5) is 0 Å². The summed E-state index contributed by atoms with van der Waals surface area (Å²) in [5, 5.41) is 11.6. The molecule has 2 heterocycles. The summed E-state index contributed by atoms with van der Waals surface area (Å²) in [7, 11) is 0. The summed E-state index contributed by atoms with van der Waals surface area (Å²) in [6.45, 7) is 4.28. The van der Waals surface area contributed by atoms with Crippen molar-refractivity contribution in [3.05, 3.63) is 11.4 Å². The minimum Gasteiger partial charge on any atom is -0.375 e. The van der Waals surface area contributed by atoms with E-state index in [1.807, 2.05) is 4.68 Å². The van der Waals surface area contributed by atoms with Gasteiger partial charge in [-0.2, -0.15) is 0 Å². The number of aromatic nitrogens is 3. The Morgan fingerprint density at radius 1 is 1.47 bits per heavy atom. The molecule has 0 amide bonds. The molecule has 1 aliphatic heterocycles. The van der Waals surface area contributed by atoms with Crippen LogP contribution in [-0.4, -0.2) is 28.1 Å². The van der Waals surface area contributed by atoms with E-state index in [9.17, 15) is 0 Å². The maximum atomic E-state index is 5.62. The highest BCUT2D eigenvalue weighted by Gasteiger charge is 2.22. The van der Waals surface area contributed by atoms with Crippen molar-refractivity contribution < 1.29 is 4.74 Å². The van der Waals surface area contributed by atoms with Crippen LogP contribution in [0.2, 0.25) is 0 Å². The van der Waals surface area contributed by atoms with Gasteiger partial charge in [0.15, 0.2) is 0 Å². The second kappa shape index (κ2) is 3.90. The molecule has 1 aliphatic carbocycles. The molecule has 0 bridgehead atoms. The van der Waals surface area contributed by atoms with Crippen LogP contribution in [0.1, 0.15) is 24.2 Å². The van der Waals surface area contributed by atoms with Crippen LogP contribution in [0.5, 0.6) is 0 Å². The summed E-state index contributed by atoms with van der Waals surface area (Å²) >= 11 is 0. The molecule has 0 aromatic carbocycles. The van der Waals surface area contributed by atoms with Crippen molar-refractivity contribution in [2.24, 2.45) is 5.92 Å². The van der Waals surface area contributed by atoms with Crippen molar-refractivity contribution >= 4 is 0 Å². The smallest absolute Gasteiger partial charge is 0.113 e. The molecule has 1 N–H and O–H groups in total. The molecular formula is C10H16N4O. The molecule has 5 heteroatoms. The molecule has 5 nitrogen and oxygen atoms in total. The van der Waals surface area contributed by atoms with E-state index < -0.39 is 0 Å². The van der Waals surface area contributed by atoms with Gasteiger partial charge in [0.1, 0.15) is 5.69 Å². The fourth-order valence-corrected chi connectivity index (χ4v) is 1.85. The molecule has 2 aliphatic rings. The van der Waals surface area contributed by atoms with Gasteiger partial charge in [-0.25, -0.2) is 4.68 Å². The maximum absolute atomic E-state index is 5.62. The highest BCUT2D eigenvalue weighted by Crippen LogP contribution is 2.29. The summed E-state index contributed by atoms with van der Waals surface area (Å²) in [4.78, 5) is 0. The molecule has 3 rings (SSSR count). The molecule has 1 aromatic heterocycles. The van der Waals surface area contributed by atoms with Crippen molar-refractivity contribution in [1.29, 1.82) is 0 Å². The molecule has 0 atom stereocenters. The summed E-state index contributed by atoms with van der Waals surface area (Å²) < 4.78 is 7.60. The molecule has 1 aromatic rings. The molecule has 0 spiro atoms. The van der Waals surface area contributed by atoms with Crippen LogP contribution in [0.15, 0.2) is 0 Å². The summed E-state index contributed by atoms with van der Waals surface area (Å²) in [6, 6.07) is 0. The monoisotopic (exact) mass is 208 g/mol. The predicted molar refractivity (Wildman–Crippen MR) is 54.1 cm³/mol. The number of hydrogen-bond acceptors (Lipinski definition) is 4. The van der Waals surface area contributed by atoms with Gasteiger partial charge < -0.3 is 10.1 Å². The van der Waals surface area contributed by atoms with Gasteiger partial charge in [0.05, 0.1) is 18.8 Å². The Kier molecular flexibility index (Phi) is 2.42. The molecular weight excluding hydrogens is 192 g/mol. The standard InChI is InChI=1S/C10H16N4O/c1-2-8(1)6-15-7-9-10-5-11-3-4-14(10)13-12-9/h8,11H,1-7H2. The first-order valence-corrected chi connectivity index (χ1v) is 5.63. The third-order valence-corrected chi connectivity index (χ3v) is 3.00. The number of fused-ring (bicyclic) bond motifs is 1. The molecule has 0 unspecified atom stereocenters. The number of ether oxygens (including phenoxy) is 1. The van der Waals surface area contributed by atoms with E-state index in [1.54, 1.807) is 0 Å². The Balaban J connectivity index is 1.60. The number of rotatable bonds is 4. The number of nitrogens with zero attached hydrogens (tertiary/aromatic N) is 3. The fourth-order valence-electron chi connectivity index (χ4n) is 1.85. The zero-order valence-electron chi connectivity index (χ0n) is 8.78. The third kappa shape index (κ3) is 2.03. The lowest BCUT2D eigenvalue weighted by Gasteiger charge is -2.14. The Hall–Kier alpha value is -0.940. The van der Waals surface area contributed by atoms with Crippen LogP contribution < -0.4 is 5.32 Å². The number of nitrogens with one attached hydrogen (secondary N) is 1. The summed E-state index contributed by atoms with van der Waals surface area (Å²) in [6.07, 6.45) is 2.67. The largest absolute Gasteiger partial charge is 0.375 e. The van der Waals surface area contributed by atoms with Gasteiger partial charge in [0, 0.05) is 19.7 Å². The second-order valence-electron chi connectivity index (χ2n) is 4.34. The van der Waals surface area contributed by atoms with Gasteiger partial charge in [0.2, 0.25) is 0 Å². The highest BCUT2D eigenvalue weighted by atomic mass is 16.5. The van der Waals surface area contributed by atoms with E-state index in [4.69, 9.17) is 4.74 Å². The van der Waals surface area contributed by atoms with Crippen molar-refractivity contribution in [3.63, 3.8) is 0 Å². The van der Waals surface area contributed by atoms with Crippen LogP contribution >= 0.6 is 0 Å². The zero-order valence-corrected chi connectivity index (χ0v) is 8.78. The first-order valence-electron chi connectivity index (χ1n) is 5.63. The van der Waals surface area contributed by atoms with Crippen LogP contribution in [-0.2, 0) is 24.4 Å². The second-order valence-corrected chi connectivity index (χ2v) is 4.34. The fraction of sp³-hybridized carbons (Fsp3) is 0.800. The first kappa shape index (κ1) is 9.30. The average Bonchev–Trinajstić information content (AvgIpc) is 3.00. The van der Waals surface area contributed by atoms with Gasteiger partial charge in [-0.15, -0.1) is 5.10 Å². The third-order valence-electron chi connectivity index (χ3n) is 3.00. The molecule has 0 radical (unpaired) electrons. The van der Waals surface area contributed by atoms with Gasteiger partial charge in [-0.1, -0.05) is 5.21 Å². The Morgan fingerprint density at radius 3 is 3.27 bits per heavy atom. The number of hydrogen-bond donors (Lipinski definition) is 1. The minimum atomic E-state index is 0.619. The van der Waals surface area contributed by atoms with E-state index in [0.29, 0.717) is 6.61 Å². The quantitative estimate of drug-likeness (QED) is 0.773. The average molecular weight is 208 g/mol. The molecule has 0 saturated heterocycles. The summed E-state index contributed by atoms with van der Waals surface area (Å²) in [5.41, 5.74) is 2.19. The lowest BCUT2D eigenvalue weighted by molar-refractivity contribution is 0.108. The van der Waals surface area contributed by atoms with Crippen LogP contribution in [0, 0.1) is 5.92 Å². The first-order chi connectivity index (χ1) is 7.43. The molecule has 15 heavy (non-hydrogen) atoms. The van der Waals surface area contributed by atoms with E-state index >= 15 is 0 Å². The van der Waals surface area contributed by atoms with Gasteiger partial charge >= 0.3 is 0 Å². The van der Waals surface area contributed by atoms with Gasteiger partial charge in [-0.05, 0) is 18.8 Å². The van der Waals surface area contributed by atoms with Crippen LogP contribution in [0.3, 0.4) is 0 Å². The van der Waals surface area contributed by atoms with Crippen molar-refractivity contribution in [2.75, 3.05) is 13.2 Å². The van der Waals surface area contributed by atoms with Gasteiger partial charge in [0.25, 0.3) is 0 Å². The highest BCUT2D eigenvalue weighted by molar-refractivity contribution is 5.10. The van der Waals surface area contributed by atoms with E-state index in [-0.39, 0.29) is 0 Å². The molecule has 1 saturated carbocycles. The van der Waals surface area contributed by atoms with E-state index in [0.717, 1.165) is 37.9 Å². The van der Waals surface area contributed by atoms with E-state index in [1.165, 1.54) is 18.5 Å².